The van der Waals surface area contributed by atoms with Gasteiger partial charge < -0.3 is 14.6 Å². The predicted octanol–water partition coefficient (Wildman–Crippen LogP) is 3.28. The van der Waals surface area contributed by atoms with Crippen LogP contribution < -0.4 is 0 Å². The van der Waals surface area contributed by atoms with Crippen LogP contribution in [-0.2, 0) is 4.74 Å². The first-order valence-electron chi connectivity index (χ1n) is 7.36. The maximum atomic E-state index is 12.4. The Hall–Kier alpha value is -1.81. The standard InChI is InChI=1S/C17H24N2O2/c1-11(2)21-9-8-19(5)17(20)14-6-7-16-15(10-14)12(3)13(4)18-16/h6-7,10-11,18H,8-9H2,1-5H3. The van der Waals surface area contributed by atoms with Gasteiger partial charge in [0.2, 0.25) is 0 Å². The number of likely N-dealkylation sites (N-methyl/N-ethyl adjacent to an activating group) is 1. The molecule has 0 unspecified atom stereocenters. The fourth-order valence-corrected chi connectivity index (χ4v) is 2.34. The first kappa shape index (κ1) is 15.6. The minimum atomic E-state index is 0.0301. The van der Waals surface area contributed by atoms with Crippen molar-refractivity contribution in [1.29, 1.82) is 0 Å². The number of aromatic amines is 1. The zero-order valence-corrected chi connectivity index (χ0v) is 13.5. The number of nitrogens with zero attached hydrogens (tertiary/aromatic N) is 1. The van der Waals surface area contributed by atoms with E-state index in [1.165, 1.54) is 5.56 Å². The minimum Gasteiger partial charge on any atom is -0.377 e. The third-order valence-electron chi connectivity index (χ3n) is 3.78. The first-order chi connectivity index (χ1) is 9.90. The molecular formula is C17H24N2O2. The average molecular weight is 288 g/mol. The molecule has 1 N–H and O–H groups in total. The van der Waals surface area contributed by atoms with Crippen molar-refractivity contribution in [3.8, 4) is 0 Å². The third-order valence-corrected chi connectivity index (χ3v) is 3.78. The second-order valence-electron chi connectivity index (χ2n) is 5.78. The summed E-state index contributed by atoms with van der Waals surface area (Å²) in [6.45, 7) is 9.26. The predicted molar refractivity (Wildman–Crippen MR) is 85.8 cm³/mol. The normalized spacial score (nSPS) is 11.3. The number of hydrogen-bond acceptors (Lipinski definition) is 2. The van der Waals surface area contributed by atoms with E-state index >= 15 is 0 Å². The molecule has 0 atom stereocenters. The summed E-state index contributed by atoms with van der Waals surface area (Å²) in [4.78, 5) is 17.5. The van der Waals surface area contributed by atoms with Gasteiger partial charge in [0.1, 0.15) is 0 Å². The van der Waals surface area contributed by atoms with Gasteiger partial charge in [0.15, 0.2) is 0 Å². The number of carbonyl (C=O) groups excluding carboxylic acids is 1. The van der Waals surface area contributed by atoms with Crippen LogP contribution in [0.25, 0.3) is 10.9 Å². The van der Waals surface area contributed by atoms with Crippen LogP contribution in [0.1, 0.15) is 35.5 Å². The van der Waals surface area contributed by atoms with Crippen LogP contribution in [0.3, 0.4) is 0 Å². The molecule has 4 heteroatoms. The third kappa shape index (κ3) is 3.45. The zero-order valence-electron chi connectivity index (χ0n) is 13.5. The molecule has 0 fully saturated rings. The molecule has 2 rings (SSSR count). The molecule has 0 aliphatic carbocycles. The van der Waals surface area contributed by atoms with Gasteiger partial charge in [-0.3, -0.25) is 4.79 Å². The number of ether oxygens (including phenoxy) is 1. The van der Waals surface area contributed by atoms with E-state index in [2.05, 4.69) is 11.9 Å². The molecule has 0 bridgehead atoms. The fourth-order valence-electron chi connectivity index (χ4n) is 2.34. The van der Waals surface area contributed by atoms with Crippen molar-refractivity contribution in [3.05, 3.63) is 35.0 Å². The molecule has 1 amide bonds. The Labute approximate surface area is 126 Å². The molecule has 1 aromatic carbocycles. The van der Waals surface area contributed by atoms with Crippen LogP contribution >= 0.6 is 0 Å². The molecule has 2 aromatic rings. The van der Waals surface area contributed by atoms with Gasteiger partial charge in [0.25, 0.3) is 5.91 Å². The number of H-pyrrole nitrogens is 1. The molecule has 1 aromatic heterocycles. The quantitative estimate of drug-likeness (QED) is 0.917. The zero-order chi connectivity index (χ0) is 15.6. The second kappa shape index (κ2) is 6.31. The summed E-state index contributed by atoms with van der Waals surface area (Å²) in [7, 11) is 1.81. The lowest BCUT2D eigenvalue weighted by Gasteiger charge is -2.18. The lowest BCUT2D eigenvalue weighted by atomic mass is 10.1. The van der Waals surface area contributed by atoms with Crippen molar-refractivity contribution < 1.29 is 9.53 Å². The monoisotopic (exact) mass is 288 g/mol. The van der Waals surface area contributed by atoms with Gasteiger partial charge in [-0.1, -0.05) is 0 Å². The summed E-state index contributed by atoms with van der Waals surface area (Å²) in [5.41, 5.74) is 4.14. The van der Waals surface area contributed by atoms with Crippen LogP contribution in [0.4, 0.5) is 0 Å². The molecule has 4 nitrogen and oxygen atoms in total. The number of rotatable bonds is 5. The largest absolute Gasteiger partial charge is 0.377 e. The van der Waals surface area contributed by atoms with Crippen molar-refractivity contribution in [2.75, 3.05) is 20.2 Å². The van der Waals surface area contributed by atoms with Gasteiger partial charge >= 0.3 is 0 Å². The van der Waals surface area contributed by atoms with E-state index in [0.29, 0.717) is 13.2 Å². The first-order valence-corrected chi connectivity index (χ1v) is 7.36. The molecule has 0 radical (unpaired) electrons. The number of fused-ring (bicyclic) bond motifs is 1. The Morgan fingerprint density at radius 3 is 2.71 bits per heavy atom. The highest BCUT2D eigenvalue weighted by Crippen LogP contribution is 2.22. The second-order valence-corrected chi connectivity index (χ2v) is 5.78. The van der Waals surface area contributed by atoms with Crippen LogP contribution in [0.5, 0.6) is 0 Å². The number of aromatic nitrogens is 1. The molecule has 0 spiro atoms. The summed E-state index contributed by atoms with van der Waals surface area (Å²) >= 11 is 0. The van der Waals surface area contributed by atoms with Crippen molar-refractivity contribution in [1.82, 2.24) is 9.88 Å². The average Bonchev–Trinajstić information content (AvgIpc) is 2.72. The SMILES string of the molecule is Cc1[nH]c2ccc(C(=O)N(C)CCOC(C)C)cc2c1C. The van der Waals surface area contributed by atoms with Gasteiger partial charge in [-0.05, 0) is 51.5 Å². The molecule has 114 valence electrons. The van der Waals surface area contributed by atoms with E-state index in [1.807, 2.05) is 46.0 Å². The van der Waals surface area contributed by atoms with E-state index < -0.39 is 0 Å². The molecule has 0 saturated carbocycles. The Morgan fingerprint density at radius 1 is 1.33 bits per heavy atom. The van der Waals surface area contributed by atoms with E-state index in [-0.39, 0.29) is 12.0 Å². The maximum absolute atomic E-state index is 12.4. The molecular weight excluding hydrogens is 264 g/mol. The van der Waals surface area contributed by atoms with Gasteiger partial charge in [-0.2, -0.15) is 0 Å². The van der Waals surface area contributed by atoms with Crippen molar-refractivity contribution in [2.45, 2.75) is 33.8 Å². The Kier molecular flexibility index (Phi) is 4.68. The molecule has 0 aliphatic rings. The van der Waals surface area contributed by atoms with Crippen molar-refractivity contribution in [3.63, 3.8) is 0 Å². The highest BCUT2D eigenvalue weighted by Gasteiger charge is 2.14. The van der Waals surface area contributed by atoms with E-state index in [4.69, 9.17) is 4.74 Å². The fraction of sp³-hybridized carbons (Fsp3) is 0.471. The van der Waals surface area contributed by atoms with Crippen molar-refractivity contribution >= 4 is 16.8 Å². The summed E-state index contributed by atoms with van der Waals surface area (Å²) in [6.07, 6.45) is 0.190. The number of amides is 1. The van der Waals surface area contributed by atoms with Crippen LogP contribution in [-0.4, -0.2) is 42.1 Å². The number of benzene rings is 1. The van der Waals surface area contributed by atoms with Crippen LogP contribution in [0.2, 0.25) is 0 Å². The summed E-state index contributed by atoms with van der Waals surface area (Å²) in [6, 6.07) is 5.82. The summed E-state index contributed by atoms with van der Waals surface area (Å²) < 4.78 is 5.49. The molecule has 21 heavy (non-hydrogen) atoms. The number of aryl methyl sites for hydroxylation is 2. The molecule has 0 saturated heterocycles. The van der Waals surface area contributed by atoms with Gasteiger partial charge in [-0.25, -0.2) is 0 Å². The van der Waals surface area contributed by atoms with E-state index in [9.17, 15) is 4.79 Å². The Morgan fingerprint density at radius 2 is 2.05 bits per heavy atom. The van der Waals surface area contributed by atoms with Crippen molar-refractivity contribution in [2.24, 2.45) is 0 Å². The lowest BCUT2D eigenvalue weighted by Crippen LogP contribution is -2.30. The highest BCUT2D eigenvalue weighted by atomic mass is 16.5. The van der Waals surface area contributed by atoms with Crippen LogP contribution in [0, 0.1) is 13.8 Å². The Balaban J connectivity index is 2.13. The van der Waals surface area contributed by atoms with Gasteiger partial charge in [0, 0.05) is 35.8 Å². The van der Waals surface area contributed by atoms with E-state index in [1.54, 1.807) is 4.90 Å². The lowest BCUT2D eigenvalue weighted by molar-refractivity contribution is 0.0532. The number of hydrogen-bond donors (Lipinski definition) is 1. The minimum absolute atomic E-state index is 0.0301. The summed E-state index contributed by atoms with van der Waals surface area (Å²) in [5, 5.41) is 1.12. The maximum Gasteiger partial charge on any atom is 0.253 e. The number of carbonyl (C=O) groups is 1. The highest BCUT2D eigenvalue weighted by molar-refractivity contribution is 5.98. The topological polar surface area (TPSA) is 45.3 Å². The molecule has 0 aliphatic heterocycles. The summed E-state index contributed by atoms with van der Waals surface area (Å²) in [5.74, 6) is 0.0301. The smallest absolute Gasteiger partial charge is 0.253 e. The Bertz CT molecular complexity index is 644. The number of nitrogens with one attached hydrogen (secondary N) is 1. The van der Waals surface area contributed by atoms with Gasteiger partial charge in [0.05, 0.1) is 12.7 Å². The van der Waals surface area contributed by atoms with Gasteiger partial charge in [-0.15, -0.1) is 0 Å². The van der Waals surface area contributed by atoms with Crippen LogP contribution in [0.15, 0.2) is 18.2 Å². The van der Waals surface area contributed by atoms with E-state index in [0.717, 1.165) is 22.2 Å². The molecule has 1 heterocycles.